The molecule has 1 aliphatic heterocycles. The van der Waals surface area contributed by atoms with E-state index in [1.165, 1.54) is 17.4 Å². The standard InChI is InChI=1S/C12H18N2O3S/c1-8(15)10-6-9(14(16)17)11(18-10)13-5-4-12(2,3)7-13/h6,8,15H,4-5,7H2,1-3H3/t8-/m0/s1. The summed E-state index contributed by atoms with van der Waals surface area (Å²) in [7, 11) is 0. The number of rotatable bonds is 3. The zero-order valence-corrected chi connectivity index (χ0v) is 11.7. The maximum absolute atomic E-state index is 11.1. The first-order valence-electron chi connectivity index (χ1n) is 6.01. The lowest BCUT2D eigenvalue weighted by molar-refractivity contribution is -0.383. The third-order valence-corrected chi connectivity index (χ3v) is 4.64. The van der Waals surface area contributed by atoms with Crippen LogP contribution in [0.2, 0.25) is 0 Å². The molecule has 0 amide bonds. The number of anilines is 1. The van der Waals surface area contributed by atoms with Crippen LogP contribution in [-0.2, 0) is 0 Å². The molecule has 0 unspecified atom stereocenters. The number of hydrogen-bond donors (Lipinski definition) is 1. The number of thiophene rings is 1. The number of hydrogen-bond acceptors (Lipinski definition) is 5. The highest BCUT2D eigenvalue weighted by atomic mass is 32.1. The van der Waals surface area contributed by atoms with Crippen LogP contribution < -0.4 is 4.90 Å². The van der Waals surface area contributed by atoms with Crippen molar-refractivity contribution in [2.45, 2.75) is 33.3 Å². The van der Waals surface area contributed by atoms with E-state index in [0.29, 0.717) is 9.88 Å². The molecule has 1 N–H and O–H groups in total. The molecule has 2 heterocycles. The van der Waals surface area contributed by atoms with Gasteiger partial charge in [0.2, 0.25) is 0 Å². The van der Waals surface area contributed by atoms with Gasteiger partial charge in [-0.3, -0.25) is 10.1 Å². The number of aliphatic hydroxyl groups excluding tert-OH is 1. The highest BCUT2D eigenvalue weighted by Crippen LogP contribution is 2.43. The third-order valence-electron chi connectivity index (χ3n) is 3.29. The minimum atomic E-state index is -0.655. The van der Waals surface area contributed by atoms with Crippen molar-refractivity contribution < 1.29 is 10.0 Å². The molecule has 5 nitrogen and oxygen atoms in total. The molecule has 0 aliphatic carbocycles. The highest BCUT2D eigenvalue weighted by Gasteiger charge is 2.34. The quantitative estimate of drug-likeness (QED) is 0.677. The molecule has 18 heavy (non-hydrogen) atoms. The summed E-state index contributed by atoms with van der Waals surface area (Å²) in [5, 5.41) is 21.3. The Morgan fingerprint density at radius 3 is 2.72 bits per heavy atom. The van der Waals surface area contributed by atoms with E-state index in [4.69, 9.17) is 0 Å². The van der Waals surface area contributed by atoms with E-state index in [2.05, 4.69) is 18.7 Å². The summed E-state index contributed by atoms with van der Waals surface area (Å²) >= 11 is 1.33. The fourth-order valence-electron chi connectivity index (χ4n) is 2.24. The largest absolute Gasteiger partial charge is 0.388 e. The molecule has 1 fully saturated rings. The van der Waals surface area contributed by atoms with Crippen molar-refractivity contribution in [1.29, 1.82) is 0 Å². The summed E-state index contributed by atoms with van der Waals surface area (Å²) in [5.41, 5.74) is 0.316. The van der Waals surface area contributed by atoms with Gasteiger partial charge in [0.05, 0.1) is 11.0 Å². The normalized spacial score (nSPS) is 20.1. The first kappa shape index (κ1) is 13.3. The second-order valence-electron chi connectivity index (χ2n) is 5.61. The summed E-state index contributed by atoms with van der Waals surface area (Å²) in [5.74, 6) is 0. The summed E-state index contributed by atoms with van der Waals surface area (Å²) in [4.78, 5) is 13.4. The van der Waals surface area contributed by atoms with Gasteiger partial charge in [0.15, 0.2) is 5.00 Å². The zero-order chi connectivity index (χ0) is 13.5. The van der Waals surface area contributed by atoms with Crippen molar-refractivity contribution in [1.82, 2.24) is 0 Å². The summed E-state index contributed by atoms with van der Waals surface area (Å²) in [6.07, 6.45) is 0.379. The summed E-state index contributed by atoms with van der Waals surface area (Å²) in [6.45, 7) is 7.64. The smallest absolute Gasteiger partial charge is 0.304 e. The topological polar surface area (TPSA) is 66.6 Å². The lowest BCUT2D eigenvalue weighted by atomic mass is 9.93. The first-order valence-corrected chi connectivity index (χ1v) is 6.83. The van der Waals surface area contributed by atoms with Crippen LogP contribution in [-0.4, -0.2) is 23.1 Å². The molecule has 0 spiro atoms. The van der Waals surface area contributed by atoms with E-state index in [1.54, 1.807) is 6.92 Å². The van der Waals surface area contributed by atoms with Gasteiger partial charge in [-0.1, -0.05) is 13.8 Å². The fourth-order valence-corrected chi connectivity index (χ4v) is 3.33. The number of nitrogens with zero attached hydrogens (tertiary/aromatic N) is 2. The maximum atomic E-state index is 11.1. The molecule has 2 rings (SSSR count). The molecule has 1 saturated heterocycles. The monoisotopic (exact) mass is 270 g/mol. The van der Waals surface area contributed by atoms with Crippen molar-refractivity contribution in [3.63, 3.8) is 0 Å². The average Bonchev–Trinajstić information content (AvgIpc) is 2.80. The van der Waals surface area contributed by atoms with Gasteiger partial charge in [-0.05, 0) is 18.8 Å². The van der Waals surface area contributed by atoms with Crippen LogP contribution in [0.25, 0.3) is 0 Å². The van der Waals surface area contributed by atoms with Crippen molar-refractivity contribution in [3.8, 4) is 0 Å². The van der Waals surface area contributed by atoms with Crippen LogP contribution in [0.5, 0.6) is 0 Å². The van der Waals surface area contributed by atoms with Crippen molar-refractivity contribution in [2.75, 3.05) is 18.0 Å². The molecule has 6 heteroatoms. The maximum Gasteiger partial charge on any atom is 0.304 e. The fraction of sp³-hybridized carbons (Fsp3) is 0.667. The third kappa shape index (κ3) is 2.49. The molecule has 0 radical (unpaired) electrons. The van der Waals surface area contributed by atoms with Crippen LogP contribution in [0.4, 0.5) is 10.7 Å². The average molecular weight is 270 g/mol. The van der Waals surface area contributed by atoms with E-state index in [9.17, 15) is 15.2 Å². The van der Waals surface area contributed by atoms with Crippen LogP contribution in [0.1, 0.15) is 38.2 Å². The molecule has 1 aliphatic rings. The molecule has 1 aromatic heterocycles. The zero-order valence-electron chi connectivity index (χ0n) is 10.8. The molecule has 0 bridgehead atoms. The summed E-state index contributed by atoms with van der Waals surface area (Å²) < 4.78 is 0. The van der Waals surface area contributed by atoms with Gasteiger partial charge in [-0.2, -0.15) is 0 Å². The highest BCUT2D eigenvalue weighted by molar-refractivity contribution is 7.16. The minimum absolute atomic E-state index is 0.119. The van der Waals surface area contributed by atoms with Gasteiger partial charge < -0.3 is 10.0 Å². The van der Waals surface area contributed by atoms with Gasteiger partial charge in [-0.25, -0.2) is 0 Å². The van der Waals surface area contributed by atoms with Crippen molar-refractivity contribution in [3.05, 3.63) is 21.1 Å². The van der Waals surface area contributed by atoms with Crippen LogP contribution in [0, 0.1) is 15.5 Å². The Kier molecular flexibility index (Phi) is 3.33. The van der Waals surface area contributed by atoms with Gasteiger partial charge in [0.25, 0.3) is 0 Å². The molecular weight excluding hydrogens is 252 g/mol. The van der Waals surface area contributed by atoms with Crippen molar-refractivity contribution in [2.24, 2.45) is 5.41 Å². The lowest BCUT2D eigenvalue weighted by Crippen LogP contribution is -2.22. The SMILES string of the molecule is C[C@H](O)c1cc([N+](=O)[O-])c(N2CCC(C)(C)C2)s1. The van der Waals surface area contributed by atoms with Gasteiger partial charge >= 0.3 is 5.69 Å². The van der Waals surface area contributed by atoms with Gasteiger partial charge in [-0.15, -0.1) is 11.3 Å². The Hall–Kier alpha value is -1.14. The summed E-state index contributed by atoms with van der Waals surface area (Å²) in [6, 6.07) is 1.50. The number of aliphatic hydroxyl groups is 1. The van der Waals surface area contributed by atoms with Crippen LogP contribution in [0.15, 0.2) is 6.07 Å². The minimum Gasteiger partial charge on any atom is -0.388 e. The Balaban J connectivity index is 2.35. The first-order chi connectivity index (χ1) is 8.30. The van der Waals surface area contributed by atoms with E-state index in [1.807, 2.05) is 0 Å². The molecule has 0 saturated carbocycles. The second kappa shape index (κ2) is 4.51. The van der Waals surface area contributed by atoms with Crippen LogP contribution >= 0.6 is 11.3 Å². The Bertz CT molecular complexity index is 468. The molecule has 1 atom stereocenters. The predicted octanol–water partition coefficient (Wildman–Crippen LogP) is 2.95. The molecule has 100 valence electrons. The number of nitro groups is 1. The molecular formula is C12H18N2O3S. The van der Waals surface area contributed by atoms with Gasteiger partial charge in [0.1, 0.15) is 0 Å². The Morgan fingerprint density at radius 1 is 1.61 bits per heavy atom. The van der Waals surface area contributed by atoms with Crippen molar-refractivity contribution >= 4 is 22.0 Å². The lowest BCUT2D eigenvalue weighted by Gasteiger charge is -2.19. The Morgan fingerprint density at radius 2 is 2.28 bits per heavy atom. The predicted molar refractivity (Wildman–Crippen MR) is 72.2 cm³/mol. The van der Waals surface area contributed by atoms with E-state index >= 15 is 0 Å². The second-order valence-corrected chi connectivity index (χ2v) is 6.67. The Labute approximate surface area is 110 Å². The molecule has 1 aromatic rings. The van der Waals surface area contributed by atoms with E-state index < -0.39 is 6.10 Å². The van der Waals surface area contributed by atoms with E-state index in [0.717, 1.165) is 19.5 Å². The van der Waals surface area contributed by atoms with Gasteiger partial charge in [0, 0.05) is 24.0 Å². The molecule has 0 aromatic carbocycles. The van der Waals surface area contributed by atoms with E-state index in [-0.39, 0.29) is 16.0 Å². The van der Waals surface area contributed by atoms with Crippen LogP contribution in [0.3, 0.4) is 0 Å².